The summed E-state index contributed by atoms with van der Waals surface area (Å²) in [4.78, 5) is 4.29. The van der Waals surface area contributed by atoms with Crippen LogP contribution in [0.3, 0.4) is 0 Å². The number of hydrazine groups is 1. The Kier molecular flexibility index (Phi) is 4.28. The van der Waals surface area contributed by atoms with Gasteiger partial charge in [-0.25, -0.2) is 4.98 Å². The van der Waals surface area contributed by atoms with Crippen molar-refractivity contribution in [1.29, 1.82) is 0 Å². The van der Waals surface area contributed by atoms with Crippen molar-refractivity contribution in [1.82, 2.24) is 10.4 Å². The Balaban J connectivity index is 2.26. The van der Waals surface area contributed by atoms with Crippen molar-refractivity contribution in [3.05, 3.63) is 50.4 Å². The van der Waals surface area contributed by atoms with Crippen molar-refractivity contribution < 1.29 is 0 Å². The largest absolute Gasteiger partial charge is 0.271 e. The molecule has 17 heavy (non-hydrogen) atoms. The number of rotatable bonds is 4. The number of aromatic nitrogens is 1. The molecule has 0 radical (unpaired) electrons. The molecule has 1 aromatic carbocycles. The summed E-state index contributed by atoms with van der Waals surface area (Å²) in [6.07, 6.45) is 2.63. The predicted octanol–water partition coefficient (Wildman–Crippen LogP) is 2.96. The average molecular weight is 312 g/mol. The minimum Gasteiger partial charge on any atom is -0.271 e. The zero-order valence-electron chi connectivity index (χ0n) is 9.48. The lowest BCUT2D eigenvalue weighted by Crippen LogP contribution is -2.30. The fourth-order valence-electron chi connectivity index (χ4n) is 1.79. The van der Waals surface area contributed by atoms with Gasteiger partial charge in [-0.05, 0) is 24.1 Å². The van der Waals surface area contributed by atoms with Gasteiger partial charge in [0.15, 0.2) is 0 Å². The van der Waals surface area contributed by atoms with Crippen molar-refractivity contribution in [2.75, 3.05) is 0 Å². The summed E-state index contributed by atoms with van der Waals surface area (Å²) in [5.74, 6) is 5.65. The van der Waals surface area contributed by atoms with Gasteiger partial charge in [0.1, 0.15) is 0 Å². The van der Waals surface area contributed by atoms with Crippen LogP contribution in [0.25, 0.3) is 0 Å². The van der Waals surface area contributed by atoms with Gasteiger partial charge in [0, 0.05) is 22.5 Å². The fraction of sp³-hybridized carbons (Fsp3) is 0.250. The molecule has 0 aliphatic heterocycles. The third kappa shape index (κ3) is 2.93. The van der Waals surface area contributed by atoms with Gasteiger partial charge < -0.3 is 0 Å². The molecule has 0 aliphatic carbocycles. The van der Waals surface area contributed by atoms with Crippen molar-refractivity contribution in [3.63, 3.8) is 0 Å². The average Bonchev–Trinajstić information content (AvgIpc) is 2.83. The number of nitrogens with two attached hydrogens (primary N) is 1. The number of hydrogen-bond acceptors (Lipinski definition) is 4. The highest BCUT2D eigenvalue weighted by atomic mass is 79.9. The van der Waals surface area contributed by atoms with E-state index in [-0.39, 0.29) is 6.04 Å². The minimum atomic E-state index is 0.0960. The minimum absolute atomic E-state index is 0.0960. The van der Waals surface area contributed by atoms with Gasteiger partial charge >= 0.3 is 0 Å². The van der Waals surface area contributed by atoms with Crippen molar-refractivity contribution in [2.45, 2.75) is 19.4 Å². The molecule has 2 rings (SSSR count). The molecule has 0 fully saturated rings. The first-order valence-corrected chi connectivity index (χ1v) is 6.99. The van der Waals surface area contributed by atoms with Crippen LogP contribution in [-0.4, -0.2) is 4.98 Å². The Morgan fingerprint density at radius 2 is 2.35 bits per heavy atom. The van der Waals surface area contributed by atoms with Crippen molar-refractivity contribution in [3.8, 4) is 0 Å². The lowest BCUT2D eigenvalue weighted by Gasteiger charge is -2.18. The third-order valence-corrected chi connectivity index (χ3v) is 4.41. The topological polar surface area (TPSA) is 50.9 Å². The molecule has 2 aromatic rings. The lowest BCUT2D eigenvalue weighted by molar-refractivity contribution is 0.548. The number of hydrogen-bond donors (Lipinski definition) is 2. The van der Waals surface area contributed by atoms with Gasteiger partial charge in [-0.15, -0.1) is 11.3 Å². The molecule has 5 heteroatoms. The van der Waals surface area contributed by atoms with Crippen molar-refractivity contribution in [2.24, 2.45) is 5.84 Å². The van der Waals surface area contributed by atoms with Crippen LogP contribution in [0.15, 0.2) is 34.2 Å². The Morgan fingerprint density at radius 1 is 1.53 bits per heavy atom. The second kappa shape index (κ2) is 5.73. The number of halogens is 1. The van der Waals surface area contributed by atoms with Gasteiger partial charge in [-0.3, -0.25) is 11.3 Å². The van der Waals surface area contributed by atoms with Gasteiger partial charge in [-0.2, -0.15) is 0 Å². The van der Waals surface area contributed by atoms with Crippen LogP contribution in [0.1, 0.15) is 22.2 Å². The molecule has 3 nitrogen and oxygen atoms in total. The van der Waals surface area contributed by atoms with Crippen LogP contribution in [0.2, 0.25) is 0 Å². The predicted molar refractivity (Wildman–Crippen MR) is 74.8 cm³/mol. The smallest absolute Gasteiger partial charge is 0.0944 e. The van der Waals surface area contributed by atoms with E-state index in [4.69, 9.17) is 5.84 Å². The maximum atomic E-state index is 5.65. The zero-order valence-corrected chi connectivity index (χ0v) is 11.9. The molecule has 1 heterocycles. The summed E-state index contributed by atoms with van der Waals surface area (Å²) in [5.41, 5.74) is 5.29. The molecular formula is C12H14BrN3S. The summed E-state index contributed by atoms with van der Waals surface area (Å²) < 4.78 is 1.11. The molecule has 0 aliphatic rings. The number of nitrogens with zero attached hydrogens (tertiary/aromatic N) is 1. The molecule has 1 aromatic heterocycles. The van der Waals surface area contributed by atoms with Crippen LogP contribution >= 0.6 is 27.3 Å². The molecule has 1 atom stereocenters. The molecule has 0 amide bonds. The number of benzene rings is 1. The Morgan fingerprint density at radius 3 is 3.00 bits per heavy atom. The van der Waals surface area contributed by atoms with Crippen LogP contribution in [-0.2, 0) is 6.42 Å². The molecular weight excluding hydrogens is 298 g/mol. The van der Waals surface area contributed by atoms with E-state index in [1.807, 2.05) is 23.7 Å². The normalized spacial score (nSPS) is 12.6. The summed E-state index contributed by atoms with van der Waals surface area (Å²) in [6.45, 7) is 2.09. The first-order valence-electron chi connectivity index (χ1n) is 5.32. The van der Waals surface area contributed by atoms with Gasteiger partial charge in [0.2, 0.25) is 0 Å². The zero-order chi connectivity index (χ0) is 12.3. The maximum absolute atomic E-state index is 5.65. The van der Waals surface area contributed by atoms with E-state index in [9.17, 15) is 0 Å². The second-order valence-electron chi connectivity index (χ2n) is 3.80. The van der Waals surface area contributed by atoms with Crippen LogP contribution in [0, 0.1) is 6.92 Å². The van der Waals surface area contributed by atoms with Crippen LogP contribution in [0.4, 0.5) is 0 Å². The molecule has 0 saturated heterocycles. The molecule has 1 unspecified atom stereocenters. The quantitative estimate of drug-likeness (QED) is 0.674. The molecule has 90 valence electrons. The summed E-state index contributed by atoms with van der Waals surface area (Å²) in [5, 5.41) is 3.07. The molecule has 0 spiro atoms. The molecule has 3 N–H and O–H groups in total. The Bertz CT molecular complexity index is 485. The van der Waals surface area contributed by atoms with Crippen molar-refractivity contribution >= 4 is 27.3 Å². The first-order chi connectivity index (χ1) is 8.22. The maximum Gasteiger partial charge on any atom is 0.0944 e. The van der Waals surface area contributed by atoms with Gasteiger partial charge in [0.05, 0.1) is 11.0 Å². The third-order valence-electron chi connectivity index (χ3n) is 2.75. The Hall–Kier alpha value is -0.750. The van der Waals surface area contributed by atoms with E-state index in [1.165, 1.54) is 11.1 Å². The summed E-state index contributed by atoms with van der Waals surface area (Å²) >= 11 is 5.19. The van der Waals surface area contributed by atoms with E-state index in [2.05, 4.69) is 39.3 Å². The second-order valence-corrected chi connectivity index (χ2v) is 5.64. The first kappa shape index (κ1) is 12.7. The Labute approximate surface area is 113 Å². The number of nitrogens with one attached hydrogen (secondary N) is 1. The monoisotopic (exact) mass is 311 g/mol. The molecule has 0 bridgehead atoms. The summed E-state index contributed by atoms with van der Waals surface area (Å²) in [6, 6.07) is 6.26. The fourth-order valence-corrected chi connectivity index (χ4v) is 2.83. The van der Waals surface area contributed by atoms with E-state index >= 15 is 0 Å². The number of thiazole rings is 1. The van der Waals surface area contributed by atoms with E-state index in [1.54, 1.807) is 11.3 Å². The SMILES string of the molecule is Cc1c(Br)cccc1C(Cc1nccs1)NN. The summed E-state index contributed by atoms with van der Waals surface area (Å²) in [7, 11) is 0. The lowest BCUT2D eigenvalue weighted by atomic mass is 9.99. The van der Waals surface area contributed by atoms with E-state index < -0.39 is 0 Å². The van der Waals surface area contributed by atoms with Gasteiger partial charge in [-0.1, -0.05) is 28.1 Å². The van der Waals surface area contributed by atoms with Crippen LogP contribution < -0.4 is 11.3 Å². The highest BCUT2D eigenvalue weighted by Gasteiger charge is 2.15. The highest BCUT2D eigenvalue weighted by Crippen LogP contribution is 2.26. The van der Waals surface area contributed by atoms with E-state index in [0.29, 0.717) is 0 Å². The highest BCUT2D eigenvalue weighted by molar-refractivity contribution is 9.10. The van der Waals surface area contributed by atoms with E-state index in [0.717, 1.165) is 15.9 Å². The molecule has 0 saturated carbocycles. The van der Waals surface area contributed by atoms with Gasteiger partial charge in [0.25, 0.3) is 0 Å². The van der Waals surface area contributed by atoms with Crippen LogP contribution in [0.5, 0.6) is 0 Å². The standard InChI is InChI=1S/C12H14BrN3S/c1-8-9(3-2-4-10(8)13)11(16-14)7-12-15-5-6-17-12/h2-6,11,16H,7,14H2,1H3.